The number of nitrogens with one attached hydrogen (secondary N) is 2. The molecular formula is C17H27N5O4. The van der Waals surface area contributed by atoms with Crippen molar-refractivity contribution in [3.63, 3.8) is 0 Å². The monoisotopic (exact) mass is 365 g/mol. The Labute approximate surface area is 153 Å². The van der Waals surface area contributed by atoms with Gasteiger partial charge in [-0.25, -0.2) is 0 Å². The van der Waals surface area contributed by atoms with E-state index < -0.39 is 0 Å². The molecule has 1 aromatic rings. The first-order valence-electron chi connectivity index (χ1n) is 8.60. The van der Waals surface area contributed by atoms with Crippen LogP contribution in [0.3, 0.4) is 0 Å². The van der Waals surface area contributed by atoms with E-state index in [1.54, 1.807) is 24.3 Å². The second-order valence-electron chi connectivity index (χ2n) is 5.27. The molecule has 0 spiro atoms. The number of amides is 1. The van der Waals surface area contributed by atoms with Gasteiger partial charge < -0.3 is 24.8 Å². The summed E-state index contributed by atoms with van der Waals surface area (Å²) in [7, 11) is 1.90. The van der Waals surface area contributed by atoms with Gasteiger partial charge in [-0.1, -0.05) is 5.11 Å². The first kappa shape index (κ1) is 21.7. The smallest absolute Gasteiger partial charge is 0.251 e. The van der Waals surface area contributed by atoms with Crippen LogP contribution in [-0.2, 0) is 9.47 Å². The Balaban J connectivity index is 2.08. The molecular weight excluding hydrogens is 338 g/mol. The average molecular weight is 365 g/mol. The van der Waals surface area contributed by atoms with E-state index in [9.17, 15) is 4.79 Å². The summed E-state index contributed by atoms with van der Waals surface area (Å²) in [5.74, 6) is 0.599. The fraction of sp³-hybridized carbons (Fsp3) is 0.588. The highest BCUT2D eigenvalue weighted by Crippen LogP contribution is 2.12. The zero-order valence-electron chi connectivity index (χ0n) is 15.1. The third-order valence-electron chi connectivity index (χ3n) is 3.26. The van der Waals surface area contributed by atoms with E-state index in [1.165, 1.54) is 0 Å². The molecule has 0 aliphatic rings. The van der Waals surface area contributed by atoms with Crippen molar-refractivity contribution in [2.24, 2.45) is 5.11 Å². The Morgan fingerprint density at radius 3 is 2.50 bits per heavy atom. The topological polar surface area (TPSA) is 118 Å². The van der Waals surface area contributed by atoms with Gasteiger partial charge in [0, 0.05) is 23.6 Å². The molecule has 144 valence electrons. The highest BCUT2D eigenvalue weighted by atomic mass is 16.5. The maximum absolute atomic E-state index is 12.0. The average Bonchev–Trinajstić information content (AvgIpc) is 2.67. The molecule has 1 aromatic carbocycles. The Bertz CT molecular complexity index is 547. The van der Waals surface area contributed by atoms with Gasteiger partial charge in [-0.2, -0.15) is 0 Å². The number of benzene rings is 1. The van der Waals surface area contributed by atoms with Gasteiger partial charge in [-0.05, 0) is 49.8 Å². The first-order chi connectivity index (χ1) is 12.8. The fourth-order valence-electron chi connectivity index (χ4n) is 1.95. The van der Waals surface area contributed by atoms with Crippen molar-refractivity contribution in [2.75, 3.05) is 59.7 Å². The summed E-state index contributed by atoms with van der Waals surface area (Å²) in [6.45, 7) is 3.89. The minimum absolute atomic E-state index is 0.152. The highest BCUT2D eigenvalue weighted by Gasteiger charge is 2.05. The molecule has 0 aliphatic carbocycles. The number of carbonyl (C=O) groups excluding carboxylic acids is 1. The van der Waals surface area contributed by atoms with Crippen LogP contribution in [0.5, 0.6) is 5.75 Å². The van der Waals surface area contributed by atoms with Crippen LogP contribution in [0.25, 0.3) is 10.4 Å². The Morgan fingerprint density at radius 2 is 1.81 bits per heavy atom. The number of rotatable bonds is 15. The molecule has 9 nitrogen and oxygen atoms in total. The number of ether oxygens (including phenoxy) is 3. The molecule has 1 amide bonds. The molecule has 0 saturated carbocycles. The molecule has 9 heteroatoms. The van der Waals surface area contributed by atoms with Gasteiger partial charge in [0.2, 0.25) is 0 Å². The van der Waals surface area contributed by atoms with E-state index in [1.807, 2.05) is 7.05 Å². The second-order valence-corrected chi connectivity index (χ2v) is 5.27. The summed E-state index contributed by atoms with van der Waals surface area (Å²) in [4.78, 5) is 14.6. The van der Waals surface area contributed by atoms with Gasteiger partial charge in [0.25, 0.3) is 5.91 Å². The van der Waals surface area contributed by atoms with Crippen LogP contribution in [0.4, 0.5) is 0 Å². The summed E-state index contributed by atoms with van der Waals surface area (Å²) in [5.41, 5.74) is 8.67. The van der Waals surface area contributed by atoms with Crippen molar-refractivity contribution < 1.29 is 19.0 Å². The van der Waals surface area contributed by atoms with Gasteiger partial charge in [0.1, 0.15) is 5.75 Å². The van der Waals surface area contributed by atoms with Crippen LogP contribution in [0.2, 0.25) is 0 Å². The normalized spacial score (nSPS) is 10.2. The van der Waals surface area contributed by atoms with Crippen LogP contribution in [-0.4, -0.2) is 65.6 Å². The quantitative estimate of drug-likeness (QED) is 0.212. The van der Waals surface area contributed by atoms with Gasteiger partial charge in [-0.3, -0.25) is 4.79 Å². The third-order valence-corrected chi connectivity index (χ3v) is 3.26. The molecule has 0 saturated heterocycles. The zero-order chi connectivity index (χ0) is 18.9. The first-order valence-corrected chi connectivity index (χ1v) is 8.60. The largest absolute Gasteiger partial charge is 0.494 e. The molecule has 0 bridgehead atoms. The molecule has 0 radical (unpaired) electrons. The Morgan fingerprint density at radius 1 is 1.08 bits per heavy atom. The van der Waals surface area contributed by atoms with Gasteiger partial charge in [-0.15, -0.1) is 0 Å². The molecule has 1 rings (SSSR count). The van der Waals surface area contributed by atoms with E-state index in [0.29, 0.717) is 51.7 Å². The number of hydrogen-bond donors (Lipinski definition) is 2. The van der Waals surface area contributed by atoms with E-state index in [0.717, 1.165) is 18.7 Å². The van der Waals surface area contributed by atoms with Crippen LogP contribution >= 0.6 is 0 Å². The van der Waals surface area contributed by atoms with Crippen molar-refractivity contribution >= 4 is 5.91 Å². The second kappa shape index (κ2) is 15.0. The predicted molar refractivity (Wildman–Crippen MR) is 98.5 cm³/mol. The van der Waals surface area contributed by atoms with Crippen molar-refractivity contribution in [3.05, 3.63) is 40.3 Å². The van der Waals surface area contributed by atoms with Crippen LogP contribution in [0.1, 0.15) is 16.8 Å². The summed E-state index contributed by atoms with van der Waals surface area (Å²) in [6.07, 6.45) is 0.928. The maximum Gasteiger partial charge on any atom is 0.251 e. The van der Waals surface area contributed by atoms with Crippen molar-refractivity contribution in [1.29, 1.82) is 0 Å². The number of hydrogen-bond acceptors (Lipinski definition) is 6. The summed E-state index contributed by atoms with van der Waals surface area (Å²) in [6, 6.07) is 7.05. The van der Waals surface area contributed by atoms with Crippen molar-refractivity contribution in [1.82, 2.24) is 10.6 Å². The highest BCUT2D eigenvalue weighted by molar-refractivity contribution is 5.94. The predicted octanol–water partition coefficient (Wildman–Crippen LogP) is 1.75. The van der Waals surface area contributed by atoms with Gasteiger partial charge >= 0.3 is 0 Å². The fourth-order valence-corrected chi connectivity index (χ4v) is 1.95. The molecule has 0 atom stereocenters. The minimum Gasteiger partial charge on any atom is -0.494 e. The molecule has 0 heterocycles. The van der Waals surface area contributed by atoms with Gasteiger partial charge in [0.05, 0.1) is 33.0 Å². The zero-order valence-corrected chi connectivity index (χ0v) is 15.1. The van der Waals surface area contributed by atoms with Crippen LogP contribution < -0.4 is 15.4 Å². The van der Waals surface area contributed by atoms with Crippen molar-refractivity contribution in [2.45, 2.75) is 6.42 Å². The Kier molecular flexibility index (Phi) is 12.5. The molecule has 0 fully saturated rings. The lowest BCUT2D eigenvalue weighted by molar-refractivity contribution is 0.0511. The van der Waals surface area contributed by atoms with E-state index in [2.05, 4.69) is 20.7 Å². The third kappa shape index (κ3) is 10.5. The molecule has 0 aliphatic heterocycles. The minimum atomic E-state index is -0.152. The molecule has 0 aromatic heterocycles. The van der Waals surface area contributed by atoms with Crippen molar-refractivity contribution in [3.8, 4) is 5.75 Å². The SMILES string of the molecule is CNCCCOc1ccc(C(=O)NCCOCCOCCN=[N+]=[N-])cc1. The van der Waals surface area contributed by atoms with Crippen LogP contribution in [0, 0.1) is 0 Å². The summed E-state index contributed by atoms with van der Waals surface area (Å²) in [5, 5.41) is 9.20. The number of nitrogens with zero attached hydrogens (tertiary/aromatic N) is 3. The lowest BCUT2D eigenvalue weighted by Crippen LogP contribution is -2.27. The van der Waals surface area contributed by atoms with E-state index in [-0.39, 0.29) is 5.91 Å². The lowest BCUT2D eigenvalue weighted by Gasteiger charge is -2.08. The molecule has 26 heavy (non-hydrogen) atoms. The number of carbonyl (C=O) groups is 1. The Hall–Kier alpha value is -2.32. The maximum atomic E-state index is 12.0. The summed E-state index contributed by atoms with van der Waals surface area (Å²) < 4.78 is 16.1. The molecule has 0 unspecified atom stereocenters. The van der Waals surface area contributed by atoms with E-state index >= 15 is 0 Å². The van der Waals surface area contributed by atoms with E-state index in [4.69, 9.17) is 19.7 Å². The molecule has 2 N–H and O–H groups in total. The standard InChI is InChI=1S/C17H27N5O4/c1-19-7-2-10-26-16-5-3-15(4-6-16)17(23)20-8-11-24-13-14-25-12-9-21-22-18/h3-6,19H,2,7-14H2,1H3,(H,20,23). The van der Waals surface area contributed by atoms with Crippen LogP contribution in [0.15, 0.2) is 29.4 Å². The summed E-state index contributed by atoms with van der Waals surface area (Å²) >= 11 is 0. The lowest BCUT2D eigenvalue weighted by atomic mass is 10.2. The van der Waals surface area contributed by atoms with Gasteiger partial charge in [0.15, 0.2) is 0 Å². The number of azide groups is 1.